The minimum absolute atomic E-state index is 0.0896. The average Bonchev–Trinajstić information content (AvgIpc) is 3.21. The number of hydrogen-bond donors (Lipinski definition) is 1. The lowest BCUT2D eigenvalue weighted by Gasteiger charge is -2.34. The Labute approximate surface area is 180 Å². The van der Waals surface area contributed by atoms with Crippen LogP contribution in [0.4, 0.5) is 8.78 Å². The molecule has 9 heteroatoms. The van der Waals surface area contributed by atoms with Gasteiger partial charge in [0.2, 0.25) is 15.9 Å². The first-order valence-electron chi connectivity index (χ1n) is 9.79. The van der Waals surface area contributed by atoms with Gasteiger partial charge in [-0.15, -0.1) is 11.3 Å². The molecular weight excluding hydrogens is 430 g/mol. The van der Waals surface area contributed by atoms with E-state index in [2.05, 4.69) is 26.1 Å². The number of amides is 1. The van der Waals surface area contributed by atoms with Crippen LogP contribution in [0.5, 0.6) is 0 Å². The first kappa shape index (κ1) is 22.8. The van der Waals surface area contributed by atoms with Gasteiger partial charge in [0, 0.05) is 23.9 Å². The van der Waals surface area contributed by atoms with Crippen LogP contribution in [0, 0.1) is 23.0 Å². The normalized spacial score (nSPS) is 17.6. The highest BCUT2D eigenvalue weighted by Crippen LogP contribution is 2.36. The number of sulfonamides is 1. The highest BCUT2D eigenvalue weighted by Gasteiger charge is 2.35. The molecule has 30 heavy (non-hydrogen) atoms. The second-order valence-corrected chi connectivity index (χ2v) is 11.5. The van der Waals surface area contributed by atoms with Crippen molar-refractivity contribution >= 4 is 27.3 Å². The number of nitrogens with zero attached hydrogens (tertiary/aromatic N) is 1. The number of thiophene rings is 1. The summed E-state index contributed by atoms with van der Waals surface area (Å²) in [6, 6.07) is 6.37. The smallest absolute Gasteiger partial charge is 0.243 e. The summed E-state index contributed by atoms with van der Waals surface area (Å²) in [5, 5.41) is 5.11. The number of halogens is 2. The first-order valence-corrected chi connectivity index (χ1v) is 12.1. The molecular formula is C21H26F2N2O3S2. The van der Waals surface area contributed by atoms with Crippen LogP contribution in [0.2, 0.25) is 0 Å². The Bertz CT molecular complexity index is 994. The summed E-state index contributed by atoms with van der Waals surface area (Å²) >= 11 is 1.59. The Balaban J connectivity index is 1.66. The lowest BCUT2D eigenvalue weighted by Crippen LogP contribution is -2.45. The van der Waals surface area contributed by atoms with E-state index in [1.54, 1.807) is 11.3 Å². The molecule has 3 rings (SSSR count). The maximum atomic E-state index is 13.5. The van der Waals surface area contributed by atoms with Crippen molar-refractivity contribution in [1.29, 1.82) is 0 Å². The fraction of sp³-hybridized carbons (Fsp3) is 0.476. The molecule has 1 aliphatic heterocycles. The SMILES string of the molecule is CC(C)(C)[C@@H](NC(=O)C1CCN(S(=O)(=O)c2ccc(F)c(F)c2)CC1)c1cccs1. The van der Waals surface area contributed by atoms with Crippen molar-refractivity contribution in [2.45, 2.75) is 44.6 Å². The van der Waals surface area contributed by atoms with Gasteiger partial charge in [0.25, 0.3) is 0 Å². The molecule has 5 nitrogen and oxygen atoms in total. The molecule has 0 spiro atoms. The largest absolute Gasteiger partial charge is 0.348 e. The molecule has 1 N–H and O–H groups in total. The van der Waals surface area contributed by atoms with E-state index >= 15 is 0 Å². The van der Waals surface area contributed by atoms with Gasteiger partial charge in [-0.05, 0) is 47.9 Å². The molecule has 1 fully saturated rings. The highest BCUT2D eigenvalue weighted by molar-refractivity contribution is 7.89. The minimum atomic E-state index is -3.94. The molecule has 0 aliphatic carbocycles. The van der Waals surface area contributed by atoms with E-state index in [-0.39, 0.29) is 41.3 Å². The summed E-state index contributed by atoms with van der Waals surface area (Å²) in [5.74, 6) is -2.69. The van der Waals surface area contributed by atoms with E-state index in [0.717, 1.165) is 17.0 Å². The lowest BCUT2D eigenvalue weighted by atomic mass is 9.85. The molecule has 0 bridgehead atoms. The van der Waals surface area contributed by atoms with Gasteiger partial charge < -0.3 is 5.32 Å². The van der Waals surface area contributed by atoms with Crippen LogP contribution >= 0.6 is 11.3 Å². The van der Waals surface area contributed by atoms with Gasteiger partial charge in [-0.2, -0.15) is 4.31 Å². The second kappa shape index (κ2) is 8.72. The summed E-state index contributed by atoms with van der Waals surface area (Å²) < 4.78 is 53.3. The summed E-state index contributed by atoms with van der Waals surface area (Å²) in [6.07, 6.45) is 0.742. The van der Waals surface area contributed by atoms with Crippen molar-refractivity contribution in [2.24, 2.45) is 11.3 Å². The van der Waals surface area contributed by atoms with E-state index < -0.39 is 21.7 Å². The molecule has 1 aliphatic rings. The number of benzene rings is 1. The van der Waals surface area contributed by atoms with Gasteiger partial charge in [-0.1, -0.05) is 26.8 Å². The third-order valence-electron chi connectivity index (χ3n) is 5.33. The van der Waals surface area contributed by atoms with Crippen LogP contribution in [-0.2, 0) is 14.8 Å². The Morgan fingerprint density at radius 1 is 1.17 bits per heavy atom. The highest BCUT2D eigenvalue weighted by atomic mass is 32.2. The van der Waals surface area contributed by atoms with Gasteiger partial charge >= 0.3 is 0 Å². The molecule has 2 aromatic rings. The number of carbonyl (C=O) groups excluding carboxylic acids is 1. The molecule has 1 atom stereocenters. The molecule has 1 saturated heterocycles. The van der Waals surface area contributed by atoms with E-state index in [1.807, 2.05) is 17.5 Å². The maximum Gasteiger partial charge on any atom is 0.243 e. The third kappa shape index (κ3) is 4.90. The third-order valence-corrected chi connectivity index (χ3v) is 8.17. The van der Waals surface area contributed by atoms with Gasteiger partial charge in [0.15, 0.2) is 11.6 Å². The van der Waals surface area contributed by atoms with Gasteiger partial charge in [0.1, 0.15) is 0 Å². The monoisotopic (exact) mass is 456 g/mol. The number of hydrogen-bond acceptors (Lipinski definition) is 4. The molecule has 1 aromatic carbocycles. The molecule has 0 radical (unpaired) electrons. The van der Waals surface area contributed by atoms with Crippen molar-refractivity contribution in [3.63, 3.8) is 0 Å². The van der Waals surface area contributed by atoms with Gasteiger partial charge in [-0.3, -0.25) is 4.79 Å². The van der Waals surface area contributed by atoms with Crippen LogP contribution in [0.15, 0.2) is 40.6 Å². The van der Waals surface area contributed by atoms with Crippen molar-refractivity contribution in [3.8, 4) is 0 Å². The molecule has 2 heterocycles. The molecule has 164 valence electrons. The maximum absolute atomic E-state index is 13.5. The fourth-order valence-electron chi connectivity index (χ4n) is 3.57. The van der Waals surface area contributed by atoms with Crippen molar-refractivity contribution in [1.82, 2.24) is 9.62 Å². The lowest BCUT2D eigenvalue weighted by molar-refractivity contribution is -0.127. The predicted octanol–water partition coefficient (Wildman–Crippen LogP) is 4.33. The number of carbonyl (C=O) groups is 1. The van der Waals surface area contributed by atoms with E-state index in [1.165, 1.54) is 4.31 Å². The Hall–Kier alpha value is -1.84. The predicted molar refractivity (Wildman–Crippen MR) is 112 cm³/mol. The van der Waals surface area contributed by atoms with Crippen LogP contribution in [0.3, 0.4) is 0 Å². The number of rotatable bonds is 5. The van der Waals surface area contributed by atoms with E-state index in [4.69, 9.17) is 0 Å². The standard InChI is InChI=1S/C21H26F2N2O3S2/c1-21(2,3)19(18-5-4-12-29-18)24-20(26)14-8-10-25(11-9-14)30(27,28)15-6-7-16(22)17(23)13-15/h4-7,12-14,19H,8-11H2,1-3H3,(H,24,26)/t19-/m0/s1. The Morgan fingerprint density at radius 3 is 2.37 bits per heavy atom. The molecule has 1 aromatic heterocycles. The van der Waals surface area contributed by atoms with Crippen LogP contribution in [-0.4, -0.2) is 31.7 Å². The second-order valence-electron chi connectivity index (χ2n) is 8.58. The molecule has 0 saturated carbocycles. The van der Waals surface area contributed by atoms with Gasteiger partial charge in [-0.25, -0.2) is 17.2 Å². The van der Waals surface area contributed by atoms with Crippen LogP contribution in [0.25, 0.3) is 0 Å². The first-order chi connectivity index (χ1) is 14.0. The van der Waals surface area contributed by atoms with Crippen molar-refractivity contribution in [3.05, 3.63) is 52.2 Å². The van der Waals surface area contributed by atoms with Crippen LogP contribution in [0.1, 0.15) is 44.5 Å². The quantitative estimate of drug-likeness (QED) is 0.728. The summed E-state index contributed by atoms with van der Waals surface area (Å²) in [4.78, 5) is 13.7. The average molecular weight is 457 g/mol. The zero-order valence-corrected chi connectivity index (χ0v) is 18.8. The van der Waals surface area contributed by atoms with Gasteiger partial charge in [0.05, 0.1) is 10.9 Å². The zero-order chi connectivity index (χ0) is 22.1. The zero-order valence-electron chi connectivity index (χ0n) is 17.2. The van der Waals surface area contributed by atoms with E-state index in [9.17, 15) is 22.0 Å². The Morgan fingerprint density at radius 2 is 1.83 bits per heavy atom. The molecule has 1 amide bonds. The van der Waals surface area contributed by atoms with Crippen LogP contribution < -0.4 is 5.32 Å². The van der Waals surface area contributed by atoms with Crippen molar-refractivity contribution < 1.29 is 22.0 Å². The minimum Gasteiger partial charge on any atom is -0.348 e. The summed E-state index contributed by atoms with van der Waals surface area (Å²) in [6.45, 7) is 6.50. The van der Waals surface area contributed by atoms with E-state index in [0.29, 0.717) is 18.9 Å². The number of piperidine rings is 1. The summed E-state index contributed by atoms with van der Waals surface area (Å²) in [7, 11) is -3.94. The fourth-order valence-corrected chi connectivity index (χ4v) is 6.08. The number of nitrogens with one attached hydrogen (secondary N) is 1. The topological polar surface area (TPSA) is 66.5 Å². The molecule has 0 unspecified atom stereocenters. The summed E-state index contributed by atoms with van der Waals surface area (Å²) in [5.41, 5.74) is -0.169. The van der Waals surface area contributed by atoms with Crippen molar-refractivity contribution in [2.75, 3.05) is 13.1 Å². The Kier molecular flexibility index (Phi) is 6.64.